The Labute approximate surface area is 137 Å². The van der Waals surface area contributed by atoms with Gasteiger partial charge in [0, 0.05) is 12.0 Å². The van der Waals surface area contributed by atoms with Gasteiger partial charge in [0.25, 0.3) is 5.91 Å². The standard InChI is InChI=1S/C14H11F6N3O2/c15-13(16,17)8-4-7(5-9(6-8)14(18,19)20)12(25)23-10(11(22)24)2-1-3-21/h4-6,10H,1-2H2,(H2,22,24)(H,23,25)/t10-/m1/s1. The first-order valence-corrected chi connectivity index (χ1v) is 6.63. The third-order valence-corrected chi connectivity index (χ3v) is 3.04. The zero-order valence-corrected chi connectivity index (χ0v) is 12.3. The Kier molecular flexibility index (Phi) is 6.01. The topological polar surface area (TPSA) is 96.0 Å². The van der Waals surface area contributed by atoms with Gasteiger partial charge in [-0.1, -0.05) is 0 Å². The molecule has 0 bridgehead atoms. The van der Waals surface area contributed by atoms with E-state index in [0.29, 0.717) is 0 Å². The molecule has 136 valence electrons. The summed E-state index contributed by atoms with van der Waals surface area (Å²) in [4.78, 5) is 23.1. The predicted octanol–water partition coefficient (Wildman–Crippen LogP) is 2.61. The van der Waals surface area contributed by atoms with Gasteiger partial charge in [-0.25, -0.2) is 0 Å². The number of carbonyl (C=O) groups is 2. The van der Waals surface area contributed by atoms with E-state index in [2.05, 4.69) is 0 Å². The molecule has 5 nitrogen and oxygen atoms in total. The van der Waals surface area contributed by atoms with Crippen LogP contribution in [0.25, 0.3) is 0 Å². The highest BCUT2D eigenvalue weighted by atomic mass is 19.4. The van der Waals surface area contributed by atoms with Crippen LogP contribution >= 0.6 is 0 Å². The average Bonchev–Trinajstić information content (AvgIpc) is 2.48. The summed E-state index contributed by atoms with van der Waals surface area (Å²) >= 11 is 0. The van der Waals surface area contributed by atoms with Gasteiger partial charge >= 0.3 is 12.4 Å². The lowest BCUT2D eigenvalue weighted by Crippen LogP contribution is -2.44. The van der Waals surface area contributed by atoms with Crippen LogP contribution < -0.4 is 11.1 Å². The zero-order valence-electron chi connectivity index (χ0n) is 12.3. The summed E-state index contributed by atoms with van der Waals surface area (Å²) in [7, 11) is 0. The van der Waals surface area contributed by atoms with Crippen LogP contribution in [0.1, 0.15) is 34.3 Å². The Balaban J connectivity index is 3.24. The van der Waals surface area contributed by atoms with Gasteiger partial charge in [0.05, 0.1) is 17.2 Å². The zero-order chi connectivity index (χ0) is 19.4. The Morgan fingerprint density at radius 2 is 1.56 bits per heavy atom. The number of benzene rings is 1. The molecule has 0 radical (unpaired) electrons. The van der Waals surface area contributed by atoms with Crippen LogP contribution in [0, 0.1) is 11.3 Å². The maximum absolute atomic E-state index is 12.7. The fraction of sp³-hybridized carbons (Fsp3) is 0.357. The fourth-order valence-corrected chi connectivity index (χ4v) is 1.82. The molecule has 1 aromatic rings. The van der Waals surface area contributed by atoms with E-state index < -0.39 is 46.9 Å². The van der Waals surface area contributed by atoms with Gasteiger partial charge in [-0.15, -0.1) is 0 Å². The van der Waals surface area contributed by atoms with Crippen LogP contribution in [0.3, 0.4) is 0 Å². The van der Waals surface area contributed by atoms with Crippen LogP contribution in [0.4, 0.5) is 26.3 Å². The molecule has 25 heavy (non-hydrogen) atoms. The summed E-state index contributed by atoms with van der Waals surface area (Å²) in [5.41, 5.74) is 0.707. The third-order valence-electron chi connectivity index (χ3n) is 3.04. The number of amides is 2. The van der Waals surface area contributed by atoms with Gasteiger partial charge in [-0.2, -0.15) is 31.6 Å². The average molecular weight is 367 g/mol. The van der Waals surface area contributed by atoms with Gasteiger partial charge in [-0.05, 0) is 24.6 Å². The molecule has 0 aromatic heterocycles. The molecule has 3 N–H and O–H groups in total. The summed E-state index contributed by atoms with van der Waals surface area (Å²) in [6.07, 6.45) is -10.7. The summed E-state index contributed by atoms with van der Waals surface area (Å²) in [5.74, 6) is -2.43. The van der Waals surface area contributed by atoms with Gasteiger partial charge in [-0.3, -0.25) is 9.59 Å². The fourth-order valence-electron chi connectivity index (χ4n) is 1.82. The third kappa shape index (κ3) is 5.66. The molecule has 0 aliphatic carbocycles. The number of hydrogen-bond donors (Lipinski definition) is 2. The van der Waals surface area contributed by atoms with Crippen molar-refractivity contribution >= 4 is 11.8 Å². The molecule has 0 heterocycles. The van der Waals surface area contributed by atoms with Gasteiger partial charge < -0.3 is 11.1 Å². The maximum atomic E-state index is 12.7. The van der Waals surface area contributed by atoms with Crippen molar-refractivity contribution < 1.29 is 35.9 Å². The molecule has 11 heteroatoms. The lowest BCUT2D eigenvalue weighted by molar-refractivity contribution is -0.143. The second-order valence-electron chi connectivity index (χ2n) is 4.92. The van der Waals surface area contributed by atoms with Crippen LogP contribution in [0.5, 0.6) is 0 Å². The van der Waals surface area contributed by atoms with E-state index >= 15 is 0 Å². The van der Waals surface area contributed by atoms with Crippen LogP contribution in [-0.4, -0.2) is 17.9 Å². The lowest BCUT2D eigenvalue weighted by atomic mass is 10.0. The lowest BCUT2D eigenvalue weighted by Gasteiger charge is -2.17. The monoisotopic (exact) mass is 367 g/mol. The summed E-state index contributed by atoms with van der Waals surface area (Å²) in [6, 6.07) is 0.592. The highest BCUT2D eigenvalue weighted by Gasteiger charge is 2.37. The van der Waals surface area contributed by atoms with Crippen molar-refractivity contribution in [3.8, 4) is 6.07 Å². The van der Waals surface area contributed by atoms with E-state index in [1.54, 1.807) is 6.07 Å². The number of alkyl halides is 6. The minimum atomic E-state index is -5.11. The summed E-state index contributed by atoms with van der Waals surface area (Å²) in [6.45, 7) is 0. The van der Waals surface area contributed by atoms with E-state index in [9.17, 15) is 35.9 Å². The smallest absolute Gasteiger partial charge is 0.368 e. The SMILES string of the molecule is N#CCC[C@@H](NC(=O)c1cc(C(F)(F)F)cc(C(F)(F)F)c1)C(N)=O. The first kappa shape index (κ1) is 20.3. The van der Waals surface area contributed by atoms with E-state index in [0.717, 1.165) is 0 Å². The van der Waals surface area contributed by atoms with Crippen LogP contribution in [-0.2, 0) is 17.1 Å². The first-order valence-electron chi connectivity index (χ1n) is 6.63. The van der Waals surface area contributed by atoms with Crippen molar-refractivity contribution in [2.45, 2.75) is 31.2 Å². The number of carbonyl (C=O) groups excluding carboxylic acids is 2. The molecule has 0 aliphatic heterocycles. The number of hydrogen-bond acceptors (Lipinski definition) is 3. The number of nitrogens with zero attached hydrogens (tertiary/aromatic N) is 1. The molecule has 0 spiro atoms. The van der Waals surface area contributed by atoms with E-state index in [1.165, 1.54) is 0 Å². The van der Waals surface area contributed by atoms with E-state index in [-0.39, 0.29) is 31.0 Å². The maximum Gasteiger partial charge on any atom is 0.416 e. The van der Waals surface area contributed by atoms with Crippen molar-refractivity contribution in [1.82, 2.24) is 5.32 Å². The first-order chi connectivity index (χ1) is 11.4. The molecule has 0 saturated carbocycles. The van der Waals surface area contributed by atoms with Crippen LogP contribution in [0.2, 0.25) is 0 Å². The predicted molar refractivity (Wildman–Crippen MR) is 71.7 cm³/mol. The molecule has 2 amide bonds. The Morgan fingerprint density at radius 3 is 1.92 bits per heavy atom. The van der Waals surface area contributed by atoms with Crippen molar-refractivity contribution in [3.63, 3.8) is 0 Å². The molecule has 0 saturated heterocycles. The molecule has 0 fully saturated rings. The molecule has 1 atom stereocenters. The number of rotatable bonds is 5. The van der Waals surface area contributed by atoms with Gasteiger partial charge in [0.15, 0.2) is 0 Å². The van der Waals surface area contributed by atoms with E-state index in [1.807, 2.05) is 5.32 Å². The second-order valence-corrected chi connectivity index (χ2v) is 4.92. The van der Waals surface area contributed by atoms with Crippen molar-refractivity contribution in [1.29, 1.82) is 5.26 Å². The highest BCUT2D eigenvalue weighted by molar-refractivity contribution is 5.97. The molecule has 1 rings (SSSR count). The number of primary amides is 1. The Morgan fingerprint density at radius 1 is 1.08 bits per heavy atom. The number of halogens is 6. The molecule has 0 unspecified atom stereocenters. The second kappa shape index (κ2) is 7.42. The van der Waals surface area contributed by atoms with Gasteiger partial charge in [0.2, 0.25) is 5.91 Å². The van der Waals surface area contributed by atoms with Crippen molar-refractivity contribution in [2.24, 2.45) is 5.73 Å². The normalized spacial score (nSPS) is 13.0. The largest absolute Gasteiger partial charge is 0.416 e. The number of nitrogens with one attached hydrogen (secondary N) is 1. The van der Waals surface area contributed by atoms with Crippen molar-refractivity contribution in [3.05, 3.63) is 34.9 Å². The highest BCUT2D eigenvalue weighted by Crippen LogP contribution is 2.36. The van der Waals surface area contributed by atoms with E-state index in [4.69, 9.17) is 11.0 Å². The molecule has 1 aromatic carbocycles. The Bertz CT molecular complexity index is 674. The Hall–Kier alpha value is -2.77. The molecular formula is C14H11F6N3O2. The van der Waals surface area contributed by atoms with Gasteiger partial charge in [0.1, 0.15) is 6.04 Å². The number of nitrogens with two attached hydrogens (primary N) is 1. The minimum Gasteiger partial charge on any atom is -0.368 e. The molecule has 0 aliphatic rings. The van der Waals surface area contributed by atoms with Crippen LogP contribution in [0.15, 0.2) is 18.2 Å². The quantitative estimate of drug-likeness (QED) is 0.783. The molecular weight excluding hydrogens is 356 g/mol. The summed E-state index contributed by atoms with van der Waals surface area (Å²) in [5, 5.41) is 10.4. The van der Waals surface area contributed by atoms with Crippen molar-refractivity contribution in [2.75, 3.05) is 0 Å². The number of nitriles is 1. The minimum absolute atomic E-state index is 0.127. The summed E-state index contributed by atoms with van der Waals surface area (Å²) < 4.78 is 76.5.